The van der Waals surface area contributed by atoms with Crippen molar-refractivity contribution in [1.82, 2.24) is 15.1 Å². The van der Waals surface area contributed by atoms with Crippen LogP contribution in [0.5, 0.6) is 0 Å². The van der Waals surface area contributed by atoms with Crippen molar-refractivity contribution in [3.05, 3.63) is 33.3 Å². The topological polar surface area (TPSA) is 55.8 Å². The molecule has 1 aliphatic heterocycles. The fourth-order valence-electron chi connectivity index (χ4n) is 3.65. The maximum Gasteiger partial charge on any atom is 0.223 e. The Hall–Kier alpha value is -0.560. The first-order chi connectivity index (χ1) is 11.5. The van der Waals surface area contributed by atoms with Crippen LogP contribution in [-0.4, -0.2) is 66.7 Å². The molecule has 2 unspecified atom stereocenters. The van der Waals surface area contributed by atoms with Gasteiger partial charge in [-0.1, -0.05) is 23.2 Å². The first-order valence-electron chi connectivity index (χ1n) is 8.32. The summed E-state index contributed by atoms with van der Waals surface area (Å²) in [6, 6.07) is 3.41. The van der Waals surface area contributed by atoms with Crippen LogP contribution in [0.2, 0.25) is 10.0 Å². The minimum Gasteiger partial charge on any atom is -0.391 e. The number of fused-ring (bicyclic) bond motifs is 1. The average molecular weight is 409 g/mol. The van der Waals surface area contributed by atoms with Crippen LogP contribution in [0.25, 0.3) is 0 Å². The molecule has 140 valence electrons. The van der Waals surface area contributed by atoms with Gasteiger partial charge < -0.3 is 15.3 Å². The Kier molecular flexibility index (Phi) is 7.38. The molecule has 1 aromatic carbocycles. The summed E-state index contributed by atoms with van der Waals surface area (Å²) in [6.07, 6.45) is 0.436. The molecule has 0 spiro atoms. The zero-order chi connectivity index (χ0) is 17.3. The van der Waals surface area contributed by atoms with Crippen LogP contribution < -0.4 is 5.32 Å². The summed E-state index contributed by atoms with van der Waals surface area (Å²) >= 11 is 12.4. The molecule has 1 heterocycles. The van der Waals surface area contributed by atoms with Gasteiger partial charge in [-0.05, 0) is 30.3 Å². The largest absolute Gasteiger partial charge is 0.391 e. The van der Waals surface area contributed by atoms with Gasteiger partial charge in [-0.2, -0.15) is 0 Å². The van der Waals surface area contributed by atoms with Crippen LogP contribution in [0.15, 0.2) is 12.1 Å². The Morgan fingerprint density at radius 3 is 2.72 bits per heavy atom. The highest BCUT2D eigenvalue weighted by atomic mass is 35.5. The molecule has 2 aliphatic rings. The summed E-state index contributed by atoms with van der Waals surface area (Å²) in [4.78, 5) is 16.3. The van der Waals surface area contributed by atoms with E-state index in [0.29, 0.717) is 29.4 Å². The molecule has 1 aromatic rings. The van der Waals surface area contributed by atoms with E-state index in [4.69, 9.17) is 23.2 Å². The van der Waals surface area contributed by atoms with E-state index in [2.05, 4.69) is 5.32 Å². The lowest BCUT2D eigenvalue weighted by molar-refractivity contribution is -0.132. The Morgan fingerprint density at radius 1 is 1.36 bits per heavy atom. The number of amides is 1. The lowest BCUT2D eigenvalue weighted by Crippen LogP contribution is -2.47. The number of carbonyl (C=O) groups is 1. The molecular weight excluding hydrogens is 385 g/mol. The Labute approximate surface area is 164 Å². The van der Waals surface area contributed by atoms with Gasteiger partial charge in [0.2, 0.25) is 5.91 Å². The molecule has 25 heavy (non-hydrogen) atoms. The smallest absolute Gasteiger partial charge is 0.223 e. The summed E-state index contributed by atoms with van der Waals surface area (Å²) in [7, 11) is 1.93. The van der Waals surface area contributed by atoms with E-state index >= 15 is 0 Å². The van der Waals surface area contributed by atoms with Gasteiger partial charge in [0.25, 0.3) is 0 Å². The molecular formula is C17H24Cl3N3O2. The van der Waals surface area contributed by atoms with E-state index in [1.54, 1.807) is 6.07 Å². The molecule has 0 aromatic heterocycles. The lowest BCUT2D eigenvalue weighted by Gasteiger charge is -2.30. The number of rotatable bonds is 4. The summed E-state index contributed by atoms with van der Waals surface area (Å²) in [6.45, 7) is 3.83. The van der Waals surface area contributed by atoms with Crippen LogP contribution in [0.1, 0.15) is 23.6 Å². The first-order valence-corrected chi connectivity index (χ1v) is 9.07. The zero-order valence-corrected chi connectivity index (χ0v) is 16.5. The molecule has 1 amide bonds. The van der Waals surface area contributed by atoms with Gasteiger partial charge in [0.1, 0.15) is 0 Å². The van der Waals surface area contributed by atoms with Gasteiger partial charge >= 0.3 is 0 Å². The second-order valence-electron chi connectivity index (χ2n) is 6.53. The summed E-state index contributed by atoms with van der Waals surface area (Å²) in [5, 5.41) is 14.9. The van der Waals surface area contributed by atoms with E-state index in [0.717, 1.165) is 37.3 Å². The Bertz CT molecular complexity index is 623. The molecule has 1 aliphatic carbocycles. The predicted molar refractivity (Wildman–Crippen MR) is 103 cm³/mol. The van der Waals surface area contributed by atoms with Gasteiger partial charge in [0.05, 0.1) is 12.1 Å². The highest BCUT2D eigenvalue weighted by molar-refractivity contribution is 6.35. The Balaban J connectivity index is 0.00000225. The fraction of sp³-hybridized carbons (Fsp3) is 0.588. The van der Waals surface area contributed by atoms with Gasteiger partial charge in [-0.25, -0.2) is 0 Å². The third kappa shape index (κ3) is 4.59. The van der Waals surface area contributed by atoms with E-state index < -0.39 is 6.10 Å². The summed E-state index contributed by atoms with van der Waals surface area (Å²) in [5.41, 5.74) is 1.93. The summed E-state index contributed by atoms with van der Waals surface area (Å²) in [5.74, 6) is 0.167. The number of nitrogens with zero attached hydrogens (tertiary/aromatic N) is 2. The predicted octanol–water partition coefficient (Wildman–Crippen LogP) is 2.13. The van der Waals surface area contributed by atoms with Crippen LogP contribution in [0, 0.1) is 0 Å². The monoisotopic (exact) mass is 407 g/mol. The molecule has 1 fully saturated rings. The third-order valence-electron chi connectivity index (χ3n) is 4.91. The second-order valence-corrected chi connectivity index (χ2v) is 7.38. The first kappa shape index (κ1) is 20.7. The second kappa shape index (κ2) is 8.89. The molecule has 2 atom stereocenters. The lowest BCUT2D eigenvalue weighted by atomic mass is 10.1. The SMILES string of the molecule is CN(CCC(=O)N1CCNCC1)C1c2cc(Cl)cc(Cl)c2CC1O.Cl. The van der Waals surface area contributed by atoms with Crippen LogP contribution in [0.4, 0.5) is 0 Å². The average Bonchev–Trinajstić information content (AvgIpc) is 2.89. The number of carbonyl (C=O) groups excluding carboxylic acids is 1. The molecule has 0 radical (unpaired) electrons. The van der Waals surface area contributed by atoms with Gasteiger partial charge in [-0.15, -0.1) is 12.4 Å². The van der Waals surface area contributed by atoms with Crippen molar-refractivity contribution >= 4 is 41.5 Å². The number of nitrogens with one attached hydrogen (secondary N) is 1. The van der Waals surface area contributed by atoms with Crippen molar-refractivity contribution in [2.45, 2.75) is 25.0 Å². The van der Waals surface area contributed by atoms with E-state index in [1.165, 1.54) is 0 Å². The van der Waals surface area contributed by atoms with E-state index in [-0.39, 0.29) is 24.4 Å². The third-order valence-corrected chi connectivity index (χ3v) is 5.47. The Morgan fingerprint density at radius 2 is 2.04 bits per heavy atom. The van der Waals surface area contributed by atoms with Crippen molar-refractivity contribution in [3.63, 3.8) is 0 Å². The van der Waals surface area contributed by atoms with E-state index in [9.17, 15) is 9.90 Å². The number of hydrogen-bond acceptors (Lipinski definition) is 4. The molecule has 5 nitrogen and oxygen atoms in total. The molecule has 1 saturated heterocycles. The summed E-state index contributed by atoms with van der Waals surface area (Å²) < 4.78 is 0. The number of piperazine rings is 1. The zero-order valence-electron chi connectivity index (χ0n) is 14.2. The number of aliphatic hydroxyl groups excluding tert-OH is 1. The quantitative estimate of drug-likeness (QED) is 0.801. The van der Waals surface area contributed by atoms with Crippen molar-refractivity contribution in [2.24, 2.45) is 0 Å². The van der Waals surface area contributed by atoms with Crippen LogP contribution >= 0.6 is 35.6 Å². The van der Waals surface area contributed by atoms with Crippen molar-refractivity contribution < 1.29 is 9.90 Å². The van der Waals surface area contributed by atoms with E-state index in [1.807, 2.05) is 22.9 Å². The highest BCUT2D eigenvalue weighted by Gasteiger charge is 2.35. The number of likely N-dealkylation sites (N-methyl/N-ethyl adjacent to an activating group) is 1. The van der Waals surface area contributed by atoms with Crippen molar-refractivity contribution in [2.75, 3.05) is 39.8 Å². The van der Waals surface area contributed by atoms with Crippen molar-refractivity contribution in [1.29, 1.82) is 0 Å². The minimum absolute atomic E-state index is 0. The van der Waals surface area contributed by atoms with Crippen LogP contribution in [-0.2, 0) is 11.2 Å². The maximum absolute atomic E-state index is 12.3. The minimum atomic E-state index is -0.532. The normalized spacial score (nSPS) is 22.7. The fourth-order valence-corrected chi connectivity index (χ4v) is 4.23. The molecule has 2 N–H and O–H groups in total. The molecule has 0 bridgehead atoms. The standard InChI is InChI=1S/C17H23Cl2N3O2.ClH/c1-21(5-2-16(24)22-6-3-20-4-7-22)17-13-8-11(18)9-14(19)12(13)10-15(17)23;/h8-9,15,17,20,23H,2-7,10H2,1H3;1H. The van der Waals surface area contributed by atoms with Gasteiger partial charge in [0.15, 0.2) is 0 Å². The van der Waals surface area contributed by atoms with Gasteiger partial charge in [-0.3, -0.25) is 9.69 Å². The number of aliphatic hydroxyl groups is 1. The number of benzene rings is 1. The number of hydrogen-bond donors (Lipinski definition) is 2. The molecule has 0 saturated carbocycles. The molecule has 3 rings (SSSR count). The molecule has 8 heteroatoms. The van der Waals surface area contributed by atoms with Crippen molar-refractivity contribution in [3.8, 4) is 0 Å². The highest BCUT2D eigenvalue weighted by Crippen LogP contribution is 2.40. The number of halogens is 3. The maximum atomic E-state index is 12.3. The van der Waals surface area contributed by atoms with Gasteiger partial charge in [0, 0.05) is 55.6 Å². The van der Waals surface area contributed by atoms with Crippen LogP contribution in [0.3, 0.4) is 0 Å².